The highest BCUT2D eigenvalue weighted by atomic mass is 32.1. The zero-order valence-electron chi connectivity index (χ0n) is 22.6. The number of rotatable bonds is 14. The summed E-state index contributed by atoms with van der Waals surface area (Å²) in [7, 11) is 0. The van der Waals surface area contributed by atoms with Crippen LogP contribution in [0, 0.1) is 5.92 Å². The fraction of sp³-hybridized carbons (Fsp3) is 0.379. The van der Waals surface area contributed by atoms with Crippen molar-refractivity contribution in [1.82, 2.24) is 20.9 Å². The van der Waals surface area contributed by atoms with E-state index in [4.69, 9.17) is 5.73 Å². The summed E-state index contributed by atoms with van der Waals surface area (Å²) in [6, 6.07) is 12.4. The maximum Gasteiger partial charge on any atom is 0.326 e. The highest BCUT2D eigenvalue weighted by Gasteiger charge is 2.32. The second kappa shape index (κ2) is 14.5. The molecule has 1 aromatic heterocycles. The van der Waals surface area contributed by atoms with Crippen molar-refractivity contribution >= 4 is 47.2 Å². The van der Waals surface area contributed by atoms with Gasteiger partial charge in [-0.15, -0.1) is 0 Å². The van der Waals surface area contributed by atoms with Gasteiger partial charge in [-0.3, -0.25) is 14.4 Å². The Labute approximate surface area is 238 Å². The predicted molar refractivity (Wildman–Crippen MR) is 157 cm³/mol. The molecule has 2 aromatic carbocycles. The largest absolute Gasteiger partial charge is 0.480 e. The Kier molecular flexibility index (Phi) is 11.2. The van der Waals surface area contributed by atoms with Gasteiger partial charge in [0.2, 0.25) is 17.7 Å². The van der Waals surface area contributed by atoms with Crippen molar-refractivity contribution in [3.63, 3.8) is 0 Å². The number of H-pyrrole nitrogens is 1. The smallest absolute Gasteiger partial charge is 0.326 e. The zero-order chi connectivity index (χ0) is 29.2. The first-order valence-corrected chi connectivity index (χ1v) is 13.9. The number of carboxylic acid groups (broad SMARTS) is 1. The van der Waals surface area contributed by atoms with Gasteiger partial charge in [0.25, 0.3) is 0 Å². The van der Waals surface area contributed by atoms with Crippen LogP contribution in [0.25, 0.3) is 10.9 Å². The summed E-state index contributed by atoms with van der Waals surface area (Å²) >= 11 is 4.08. The van der Waals surface area contributed by atoms with Crippen LogP contribution in [-0.2, 0) is 32.0 Å². The average Bonchev–Trinajstić information content (AvgIpc) is 3.37. The molecule has 214 valence electrons. The predicted octanol–water partition coefficient (Wildman–Crippen LogP) is 1.80. The molecule has 3 aromatic rings. The Morgan fingerprint density at radius 2 is 1.50 bits per heavy atom. The van der Waals surface area contributed by atoms with E-state index in [1.165, 1.54) is 0 Å². The van der Waals surface area contributed by atoms with Gasteiger partial charge in [0.05, 0.1) is 6.04 Å². The number of carbonyl (C=O) groups excluding carboxylic acids is 3. The van der Waals surface area contributed by atoms with Crippen LogP contribution in [-0.4, -0.2) is 63.7 Å². The highest BCUT2D eigenvalue weighted by Crippen LogP contribution is 2.19. The maximum absolute atomic E-state index is 13.7. The Balaban J connectivity index is 1.89. The number of fused-ring (bicyclic) bond motifs is 1. The van der Waals surface area contributed by atoms with Crippen LogP contribution in [0.2, 0.25) is 0 Å². The monoisotopic (exact) mass is 567 g/mol. The molecule has 0 spiro atoms. The molecule has 10 nitrogen and oxygen atoms in total. The molecule has 0 aliphatic heterocycles. The number of thiol groups is 1. The first-order valence-electron chi connectivity index (χ1n) is 13.2. The lowest BCUT2D eigenvalue weighted by Gasteiger charge is -2.26. The molecule has 0 radical (unpaired) electrons. The third-order valence-electron chi connectivity index (χ3n) is 6.96. The molecule has 0 aliphatic carbocycles. The maximum atomic E-state index is 13.7. The minimum Gasteiger partial charge on any atom is -0.480 e. The molecule has 3 amide bonds. The Morgan fingerprint density at radius 3 is 2.15 bits per heavy atom. The van der Waals surface area contributed by atoms with Crippen molar-refractivity contribution in [2.75, 3.05) is 5.75 Å². The fourth-order valence-corrected chi connectivity index (χ4v) is 4.53. The molecule has 0 aliphatic rings. The SMILES string of the molecule is CCC(C)C(NC(=O)C(Cc1ccccc1)NC(=O)C(Cc1c[nH]c2ccccc12)NC(=O)C(N)CS)C(=O)O. The molecule has 0 fully saturated rings. The van der Waals surface area contributed by atoms with Gasteiger partial charge >= 0.3 is 5.97 Å². The zero-order valence-corrected chi connectivity index (χ0v) is 23.5. The lowest BCUT2D eigenvalue weighted by Crippen LogP contribution is -2.58. The molecule has 0 bridgehead atoms. The van der Waals surface area contributed by atoms with E-state index >= 15 is 0 Å². The number of benzene rings is 2. The Morgan fingerprint density at radius 1 is 0.900 bits per heavy atom. The molecule has 0 saturated heterocycles. The lowest BCUT2D eigenvalue weighted by atomic mass is 9.97. The van der Waals surface area contributed by atoms with Gasteiger partial charge in [0, 0.05) is 35.7 Å². The van der Waals surface area contributed by atoms with Crippen LogP contribution in [0.15, 0.2) is 60.8 Å². The quantitative estimate of drug-likeness (QED) is 0.147. The summed E-state index contributed by atoms with van der Waals surface area (Å²) < 4.78 is 0. The van der Waals surface area contributed by atoms with E-state index in [1.807, 2.05) is 61.5 Å². The molecule has 3 rings (SSSR count). The van der Waals surface area contributed by atoms with Crippen molar-refractivity contribution in [1.29, 1.82) is 0 Å². The van der Waals surface area contributed by atoms with Gasteiger partial charge in [0.15, 0.2) is 0 Å². The second-order valence-electron chi connectivity index (χ2n) is 9.87. The van der Waals surface area contributed by atoms with Gasteiger partial charge in [-0.1, -0.05) is 68.8 Å². The number of para-hydroxylation sites is 1. The molecule has 0 saturated carbocycles. The minimum absolute atomic E-state index is 0.0818. The van der Waals surface area contributed by atoms with E-state index < -0.39 is 47.9 Å². The van der Waals surface area contributed by atoms with Gasteiger partial charge in [-0.2, -0.15) is 12.6 Å². The molecular weight excluding hydrogens is 530 g/mol. The first kappa shape index (κ1) is 30.7. The van der Waals surface area contributed by atoms with E-state index in [0.29, 0.717) is 6.42 Å². The van der Waals surface area contributed by atoms with Crippen LogP contribution in [0.4, 0.5) is 0 Å². The third-order valence-corrected chi connectivity index (χ3v) is 7.35. The van der Waals surface area contributed by atoms with Crippen LogP contribution in [0.1, 0.15) is 31.4 Å². The van der Waals surface area contributed by atoms with Gasteiger partial charge in [0.1, 0.15) is 18.1 Å². The van der Waals surface area contributed by atoms with Crippen molar-refractivity contribution in [2.45, 2.75) is 57.3 Å². The number of hydrogen-bond acceptors (Lipinski definition) is 6. The van der Waals surface area contributed by atoms with E-state index in [0.717, 1.165) is 22.0 Å². The number of carboxylic acids is 1. The molecule has 5 atom stereocenters. The number of aromatic amines is 1. The number of aliphatic carboxylic acids is 1. The summed E-state index contributed by atoms with van der Waals surface area (Å²) in [5.41, 5.74) is 8.30. The number of carbonyl (C=O) groups is 4. The Hall–Kier alpha value is -3.83. The number of amides is 3. The summed E-state index contributed by atoms with van der Waals surface area (Å²) in [5, 5.41) is 18.6. The van der Waals surface area contributed by atoms with E-state index in [1.54, 1.807) is 13.1 Å². The third kappa shape index (κ3) is 8.09. The topological polar surface area (TPSA) is 166 Å². The second-order valence-corrected chi connectivity index (χ2v) is 10.2. The summed E-state index contributed by atoms with van der Waals surface area (Å²) in [4.78, 5) is 54.8. The van der Waals surface area contributed by atoms with Crippen LogP contribution >= 0.6 is 12.6 Å². The first-order chi connectivity index (χ1) is 19.1. The fourth-order valence-electron chi connectivity index (χ4n) is 4.36. The minimum atomic E-state index is -1.15. The van der Waals surface area contributed by atoms with Crippen molar-refractivity contribution in [3.8, 4) is 0 Å². The van der Waals surface area contributed by atoms with Gasteiger partial charge in [-0.25, -0.2) is 4.79 Å². The molecule has 7 N–H and O–H groups in total. The molecule has 11 heteroatoms. The molecule has 1 heterocycles. The molecule has 40 heavy (non-hydrogen) atoms. The van der Waals surface area contributed by atoms with Crippen LogP contribution in [0.5, 0.6) is 0 Å². The summed E-state index contributed by atoms with van der Waals surface area (Å²) in [5.74, 6) is -3.19. The van der Waals surface area contributed by atoms with Gasteiger partial charge < -0.3 is 31.8 Å². The lowest BCUT2D eigenvalue weighted by molar-refractivity contribution is -0.143. The standard InChI is InChI=1S/C29H37N5O5S/c1-3-17(2)25(29(38)39)34-28(37)23(13-18-9-5-4-6-10-18)33-27(36)24(32-26(35)21(30)16-40)14-19-15-31-22-12-8-7-11-20(19)22/h4-12,15,17,21,23-25,31,40H,3,13-14,16,30H2,1-2H3,(H,32,35)(H,33,36)(H,34,37)(H,38,39). The average molecular weight is 568 g/mol. The summed E-state index contributed by atoms with van der Waals surface area (Å²) in [6.07, 6.45) is 2.56. The molecule has 5 unspecified atom stereocenters. The number of nitrogens with two attached hydrogens (primary N) is 1. The van der Waals surface area contributed by atoms with E-state index in [2.05, 4.69) is 33.6 Å². The normalized spacial score (nSPS) is 14.9. The summed E-state index contributed by atoms with van der Waals surface area (Å²) in [6.45, 7) is 3.57. The molecular formula is C29H37N5O5S. The number of aromatic nitrogens is 1. The Bertz CT molecular complexity index is 1310. The van der Waals surface area contributed by atoms with Gasteiger partial charge in [-0.05, 0) is 23.1 Å². The van der Waals surface area contributed by atoms with Crippen molar-refractivity contribution in [3.05, 3.63) is 71.9 Å². The van der Waals surface area contributed by atoms with E-state index in [-0.39, 0.29) is 24.5 Å². The number of nitrogens with one attached hydrogen (secondary N) is 4. The van der Waals surface area contributed by atoms with Crippen molar-refractivity contribution in [2.24, 2.45) is 11.7 Å². The van der Waals surface area contributed by atoms with Crippen molar-refractivity contribution < 1.29 is 24.3 Å². The van der Waals surface area contributed by atoms with E-state index in [9.17, 15) is 24.3 Å². The highest BCUT2D eigenvalue weighted by molar-refractivity contribution is 7.80. The number of hydrogen-bond donors (Lipinski definition) is 7. The van der Waals surface area contributed by atoms with Crippen LogP contribution in [0.3, 0.4) is 0 Å². The van der Waals surface area contributed by atoms with Crippen LogP contribution < -0.4 is 21.7 Å².